The van der Waals surface area contributed by atoms with Crippen molar-refractivity contribution in [2.24, 2.45) is 0 Å². The van der Waals surface area contributed by atoms with Gasteiger partial charge in [0.05, 0.1) is 6.07 Å². The lowest BCUT2D eigenvalue weighted by molar-refractivity contribution is 0.254. The zero-order valence-electron chi connectivity index (χ0n) is 11.0. The van der Waals surface area contributed by atoms with Gasteiger partial charge < -0.3 is 5.32 Å². The highest BCUT2D eigenvalue weighted by Gasteiger charge is 2.17. The fourth-order valence-corrected chi connectivity index (χ4v) is 2.58. The minimum atomic E-state index is -0.0553. The van der Waals surface area contributed by atoms with Gasteiger partial charge in [-0.1, -0.05) is 31.2 Å². The van der Waals surface area contributed by atoms with Crippen LogP contribution < -0.4 is 5.32 Å². The Morgan fingerprint density at radius 1 is 1.39 bits per heavy atom. The third kappa shape index (κ3) is 3.32. The summed E-state index contributed by atoms with van der Waals surface area (Å²) in [6.45, 7) is 5.77. The first-order chi connectivity index (χ1) is 8.83. The number of nitrogens with one attached hydrogen (secondary N) is 1. The Balaban J connectivity index is 2.01. The van der Waals surface area contributed by atoms with Gasteiger partial charge >= 0.3 is 0 Å². The first-order valence-electron chi connectivity index (χ1n) is 6.75. The zero-order chi connectivity index (χ0) is 12.8. The predicted octanol–water partition coefficient (Wildman–Crippen LogP) is 1.94. The number of likely N-dealkylation sites (N-methyl/N-ethyl adjacent to an activating group) is 1. The second kappa shape index (κ2) is 6.53. The summed E-state index contributed by atoms with van der Waals surface area (Å²) in [5, 5.41) is 12.3. The molecule has 96 valence electrons. The number of rotatable bonds is 4. The summed E-state index contributed by atoms with van der Waals surface area (Å²) in [5.74, 6) is 0. The average Bonchev–Trinajstić information content (AvgIpc) is 2.59. The molecule has 0 fully saturated rings. The number of nitrogens with zero attached hydrogens (tertiary/aromatic N) is 2. The van der Waals surface area contributed by atoms with Gasteiger partial charge in [-0.3, -0.25) is 4.90 Å². The molecule has 3 nitrogen and oxygen atoms in total. The molecule has 1 heterocycles. The third-order valence-electron chi connectivity index (χ3n) is 3.48. The Bertz CT molecular complexity index is 422. The van der Waals surface area contributed by atoms with Gasteiger partial charge in [-0.15, -0.1) is 0 Å². The van der Waals surface area contributed by atoms with Gasteiger partial charge in [0, 0.05) is 13.1 Å². The SMILES string of the molecule is CCNC(C#N)CN1CCCc2ccccc2C1. The number of nitriles is 1. The van der Waals surface area contributed by atoms with Gasteiger partial charge in [-0.25, -0.2) is 0 Å². The summed E-state index contributed by atoms with van der Waals surface area (Å²) in [5.41, 5.74) is 2.89. The van der Waals surface area contributed by atoms with Crippen molar-refractivity contribution in [2.75, 3.05) is 19.6 Å². The van der Waals surface area contributed by atoms with Gasteiger partial charge in [-0.05, 0) is 37.1 Å². The molecule has 1 aromatic carbocycles. The van der Waals surface area contributed by atoms with Crippen molar-refractivity contribution in [1.82, 2.24) is 10.2 Å². The number of hydrogen-bond donors (Lipinski definition) is 1. The molecule has 0 amide bonds. The Kier molecular flexibility index (Phi) is 4.74. The molecule has 1 aliphatic heterocycles. The highest BCUT2D eigenvalue weighted by molar-refractivity contribution is 5.28. The van der Waals surface area contributed by atoms with Crippen molar-refractivity contribution in [3.05, 3.63) is 35.4 Å². The molecule has 3 heteroatoms. The lowest BCUT2D eigenvalue weighted by atomic mass is 10.0. The van der Waals surface area contributed by atoms with Crippen LogP contribution in [-0.2, 0) is 13.0 Å². The molecule has 18 heavy (non-hydrogen) atoms. The fourth-order valence-electron chi connectivity index (χ4n) is 2.58. The van der Waals surface area contributed by atoms with Crippen LogP contribution in [0.3, 0.4) is 0 Å². The van der Waals surface area contributed by atoms with Crippen LogP contribution in [-0.4, -0.2) is 30.6 Å². The van der Waals surface area contributed by atoms with E-state index in [9.17, 15) is 0 Å². The third-order valence-corrected chi connectivity index (χ3v) is 3.48. The van der Waals surface area contributed by atoms with E-state index in [0.29, 0.717) is 0 Å². The van der Waals surface area contributed by atoms with Crippen molar-refractivity contribution < 1.29 is 0 Å². The Morgan fingerprint density at radius 3 is 2.89 bits per heavy atom. The molecule has 0 spiro atoms. The molecule has 0 saturated carbocycles. The van der Waals surface area contributed by atoms with E-state index < -0.39 is 0 Å². The molecule has 1 N–H and O–H groups in total. The van der Waals surface area contributed by atoms with E-state index in [4.69, 9.17) is 5.26 Å². The van der Waals surface area contributed by atoms with Crippen LogP contribution in [0.5, 0.6) is 0 Å². The summed E-state index contributed by atoms with van der Waals surface area (Å²) in [6.07, 6.45) is 2.34. The van der Waals surface area contributed by atoms with Crippen LogP contribution in [0.1, 0.15) is 24.5 Å². The summed E-state index contributed by atoms with van der Waals surface area (Å²) < 4.78 is 0. The van der Waals surface area contributed by atoms with Crippen LogP contribution in [0.25, 0.3) is 0 Å². The molecule has 1 unspecified atom stereocenters. The van der Waals surface area contributed by atoms with E-state index in [0.717, 1.165) is 32.6 Å². The van der Waals surface area contributed by atoms with Crippen molar-refractivity contribution in [3.63, 3.8) is 0 Å². The van der Waals surface area contributed by atoms with Crippen LogP contribution in [0.15, 0.2) is 24.3 Å². The highest BCUT2D eigenvalue weighted by atomic mass is 15.1. The molecule has 1 aliphatic rings. The van der Waals surface area contributed by atoms with Gasteiger partial charge in [0.1, 0.15) is 6.04 Å². The van der Waals surface area contributed by atoms with Crippen molar-refractivity contribution in [2.45, 2.75) is 32.4 Å². The van der Waals surface area contributed by atoms with Crippen LogP contribution in [0.2, 0.25) is 0 Å². The normalized spacial score (nSPS) is 17.6. The largest absolute Gasteiger partial charge is 0.301 e. The van der Waals surface area contributed by atoms with E-state index in [2.05, 4.69) is 40.6 Å². The highest BCUT2D eigenvalue weighted by Crippen LogP contribution is 2.18. The van der Waals surface area contributed by atoms with E-state index >= 15 is 0 Å². The van der Waals surface area contributed by atoms with Gasteiger partial charge in [0.2, 0.25) is 0 Å². The minimum absolute atomic E-state index is 0.0553. The first kappa shape index (κ1) is 13.1. The van der Waals surface area contributed by atoms with Gasteiger partial charge in [0.15, 0.2) is 0 Å². The Labute approximate surface area is 109 Å². The number of aryl methyl sites for hydroxylation is 1. The summed E-state index contributed by atoms with van der Waals surface area (Å²) in [4.78, 5) is 2.39. The van der Waals surface area contributed by atoms with E-state index in [-0.39, 0.29) is 6.04 Å². The molecule has 0 aliphatic carbocycles. The number of fused-ring (bicyclic) bond motifs is 1. The van der Waals surface area contributed by atoms with E-state index in [1.165, 1.54) is 17.5 Å². The first-order valence-corrected chi connectivity index (χ1v) is 6.75. The van der Waals surface area contributed by atoms with Crippen LogP contribution in [0, 0.1) is 11.3 Å². The second-order valence-electron chi connectivity index (χ2n) is 4.85. The molecule has 0 saturated heterocycles. The smallest absolute Gasteiger partial charge is 0.108 e. The van der Waals surface area contributed by atoms with E-state index in [1.807, 2.05) is 6.92 Å². The zero-order valence-corrected chi connectivity index (χ0v) is 11.0. The topological polar surface area (TPSA) is 39.1 Å². The lowest BCUT2D eigenvalue weighted by Crippen LogP contribution is -2.40. The van der Waals surface area contributed by atoms with Gasteiger partial charge in [-0.2, -0.15) is 5.26 Å². The molecule has 0 bridgehead atoms. The Hall–Kier alpha value is -1.37. The van der Waals surface area contributed by atoms with Crippen molar-refractivity contribution in [1.29, 1.82) is 5.26 Å². The number of benzene rings is 1. The molecule has 1 aromatic rings. The second-order valence-corrected chi connectivity index (χ2v) is 4.85. The molecule has 0 aromatic heterocycles. The number of hydrogen-bond acceptors (Lipinski definition) is 3. The average molecular weight is 243 g/mol. The summed E-state index contributed by atoms with van der Waals surface area (Å²) in [7, 11) is 0. The molecular weight excluding hydrogens is 222 g/mol. The molecular formula is C15H21N3. The van der Waals surface area contributed by atoms with Gasteiger partial charge in [0.25, 0.3) is 0 Å². The monoisotopic (exact) mass is 243 g/mol. The standard InChI is InChI=1S/C15H21N3/c1-2-17-15(10-16)12-18-9-5-8-13-6-3-4-7-14(13)11-18/h3-4,6-7,15,17H,2,5,8-9,11-12H2,1H3. The fraction of sp³-hybridized carbons (Fsp3) is 0.533. The van der Waals surface area contributed by atoms with E-state index in [1.54, 1.807) is 0 Å². The maximum absolute atomic E-state index is 9.11. The molecule has 0 radical (unpaired) electrons. The maximum atomic E-state index is 9.11. The van der Waals surface area contributed by atoms with Crippen molar-refractivity contribution >= 4 is 0 Å². The maximum Gasteiger partial charge on any atom is 0.108 e. The summed E-state index contributed by atoms with van der Waals surface area (Å²) >= 11 is 0. The molecule has 2 rings (SSSR count). The van der Waals surface area contributed by atoms with Crippen LogP contribution >= 0.6 is 0 Å². The minimum Gasteiger partial charge on any atom is -0.301 e. The summed E-state index contributed by atoms with van der Waals surface area (Å²) in [6, 6.07) is 10.9. The quantitative estimate of drug-likeness (QED) is 0.878. The van der Waals surface area contributed by atoms with Crippen molar-refractivity contribution in [3.8, 4) is 6.07 Å². The van der Waals surface area contributed by atoms with Crippen LogP contribution in [0.4, 0.5) is 0 Å². The Morgan fingerprint density at radius 2 is 2.17 bits per heavy atom. The predicted molar refractivity (Wildman–Crippen MR) is 73.1 cm³/mol. The lowest BCUT2D eigenvalue weighted by Gasteiger charge is -2.23. The molecule has 1 atom stereocenters.